The second-order valence-electron chi connectivity index (χ2n) is 6.85. The maximum Gasteiger partial charge on any atom is 0.248 e. The van der Waals surface area contributed by atoms with Crippen LogP contribution in [0.15, 0.2) is 40.2 Å². The van der Waals surface area contributed by atoms with E-state index in [1.54, 1.807) is 23.5 Å². The molecule has 0 radical (unpaired) electrons. The average molecular weight is 448 g/mol. The Morgan fingerprint density at radius 2 is 1.93 bits per heavy atom. The van der Waals surface area contributed by atoms with Gasteiger partial charge in [-0.1, -0.05) is 26.0 Å². The molecular weight excluding hydrogens is 426 g/mol. The van der Waals surface area contributed by atoms with Crippen molar-refractivity contribution in [2.75, 3.05) is 18.5 Å². The number of hydrogen-bond acceptors (Lipinski definition) is 5. The summed E-state index contributed by atoms with van der Waals surface area (Å²) in [4.78, 5) is 14.5. The number of benzene rings is 1. The van der Waals surface area contributed by atoms with E-state index in [0.29, 0.717) is 18.0 Å². The fourth-order valence-electron chi connectivity index (χ4n) is 2.93. The number of primary amides is 1. The lowest BCUT2D eigenvalue weighted by molar-refractivity contribution is 0.100. The summed E-state index contributed by atoms with van der Waals surface area (Å²) in [5.74, 6) is 1.74. The van der Waals surface area contributed by atoms with Crippen molar-refractivity contribution in [3.8, 4) is 10.7 Å². The highest BCUT2D eigenvalue weighted by atomic mass is 79.9. The summed E-state index contributed by atoms with van der Waals surface area (Å²) < 4.78 is 3.16. The fourth-order valence-corrected chi connectivity index (χ4v) is 4.31. The Hall–Kier alpha value is -2.19. The summed E-state index contributed by atoms with van der Waals surface area (Å²) in [5.41, 5.74) is 6.89. The number of halogens is 1. The number of carbonyl (C=O) groups excluding carboxylic acids is 1. The molecule has 6 nitrogen and oxygen atoms in total. The van der Waals surface area contributed by atoms with E-state index in [0.717, 1.165) is 32.5 Å². The molecule has 0 aliphatic rings. The van der Waals surface area contributed by atoms with Gasteiger partial charge in [0.1, 0.15) is 0 Å². The Balaban J connectivity index is 1.99. The molecule has 1 aromatic carbocycles. The number of aromatic nitrogens is 3. The van der Waals surface area contributed by atoms with Gasteiger partial charge in [0, 0.05) is 19.2 Å². The normalized spacial score (nSPS) is 11.1. The van der Waals surface area contributed by atoms with E-state index in [1.807, 2.05) is 31.3 Å². The van der Waals surface area contributed by atoms with Gasteiger partial charge >= 0.3 is 0 Å². The molecule has 0 aliphatic heterocycles. The van der Waals surface area contributed by atoms with Crippen molar-refractivity contribution in [1.29, 1.82) is 0 Å². The topological polar surface area (TPSA) is 77.0 Å². The van der Waals surface area contributed by atoms with E-state index in [2.05, 4.69) is 49.4 Å². The zero-order chi connectivity index (χ0) is 19.6. The number of hydrogen-bond donors (Lipinski definition) is 1. The lowest BCUT2D eigenvalue weighted by atomic mass is 10.1. The van der Waals surface area contributed by atoms with Crippen molar-refractivity contribution in [3.05, 3.63) is 51.3 Å². The molecule has 2 N–H and O–H groups in total. The highest BCUT2D eigenvalue weighted by Crippen LogP contribution is 2.32. The number of thiophene rings is 1. The minimum Gasteiger partial charge on any atom is -0.366 e. The van der Waals surface area contributed by atoms with Crippen LogP contribution in [0.25, 0.3) is 10.7 Å². The van der Waals surface area contributed by atoms with Gasteiger partial charge in [-0.2, -0.15) is 0 Å². The van der Waals surface area contributed by atoms with Crippen molar-refractivity contribution < 1.29 is 4.79 Å². The number of anilines is 1. The Morgan fingerprint density at radius 3 is 2.48 bits per heavy atom. The first-order chi connectivity index (χ1) is 12.8. The predicted octanol–water partition coefficient (Wildman–Crippen LogP) is 4.01. The monoisotopic (exact) mass is 447 g/mol. The van der Waals surface area contributed by atoms with Crippen LogP contribution >= 0.6 is 27.3 Å². The number of nitrogens with two attached hydrogens (primary N) is 1. The zero-order valence-electron chi connectivity index (χ0n) is 15.5. The maximum absolute atomic E-state index is 11.3. The van der Waals surface area contributed by atoms with Crippen LogP contribution in [0.2, 0.25) is 0 Å². The van der Waals surface area contributed by atoms with E-state index in [-0.39, 0.29) is 0 Å². The first kappa shape index (κ1) is 19.6. The summed E-state index contributed by atoms with van der Waals surface area (Å²) in [5, 5.41) is 8.91. The molecule has 8 heteroatoms. The highest BCUT2D eigenvalue weighted by Gasteiger charge is 2.19. The molecule has 0 spiro atoms. The standard InChI is InChI=1S/C19H22BrN5OS/c1-12(2)10-24(3)19-23-22-18(15-8-9-16(20)27-15)25(19)11-13-4-6-14(7-5-13)17(21)26/h4-9,12H,10-11H2,1-3H3,(H2,21,26). The van der Waals surface area contributed by atoms with Gasteiger partial charge in [0.15, 0.2) is 5.82 Å². The lowest BCUT2D eigenvalue weighted by Crippen LogP contribution is -2.26. The van der Waals surface area contributed by atoms with Crippen molar-refractivity contribution in [1.82, 2.24) is 14.8 Å². The molecule has 3 aromatic rings. The van der Waals surface area contributed by atoms with Gasteiger partial charge in [-0.05, 0) is 51.7 Å². The Morgan fingerprint density at radius 1 is 1.22 bits per heavy atom. The highest BCUT2D eigenvalue weighted by molar-refractivity contribution is 9.11. The average Bonchev–Trinajstić information content (AvgIpc) is 3.21. The number of rotatable bonds is 7. The van der Waals surface area contributed by atoms with Crippen LogP contribution < -0.4 is 10.6 Å². The van der Waals surface area contributed by atoms with Gasteiger partial charge < -0.3 is 10.6 Å². The molecule has 0 aliphatic carbocycles. The molecule has 0 bridgehead atoms. The summed E-state index contributed by atoms with van der Waals surface area (Å²) >= 11 is 5.14. The van der Waals surface area contributed by atoms with Gasteiger partial charge in [-0.15, -0.1) is 21.5 Å². The van der Waals surface area contributed by atoms with Crippen LogP contribution in [-0.4, -0.2) is 34.3 Å². The van der Waals surface area contributed by atoms with Crippen molar-refractivity contribution in [2.24, 2.45) is 11.7 Å². The molecule has 2 aromatic heterocycles. The third-order valence-corrected chi connectivity index (χ3v) is 5.70. The molecule has 0 atom stereocenters. The minimum atomic E-state index is -0.424. The van der Waals surface area contributed by atoms with E-state index in [1.165, 1.54) is 0 Å². The van der Waals surface area contributed by atoms with Crippen molar-refractivity contribution >= 4 is 39.1 Å². The van der Waals surface area contributed by atoms with Gasteiger partial charge in [0.05, 0.1) is 15.2 Å². The molecule has 0 saturated carbocycles. The summed E-state index contributed by atoms with van der Waals surface area (Å²) in [6.45, 7) is 5.84. The Labute approximate surface area is 171 Å². The number of amides is 1. The molecule has 1 amide bonds. The lowest BCUT2D eigenvalue weighted by Gasteiger charge is -2.21. The largest absolute Gasteiger partial charge is 0.366 e. The van der Waals surface area contributed by atoms with E-state index in [4.69, 9.17) is 5.73 Å². The van der Waals surface area contributed by atoms with Gasteiger partial charge in [-0.25, -0.2) is 0 Å². The minimum absolute atomic E-state index is 0.424. The smallest absolute Gasteiger partial charge is 0.248 e. The second kappa shape index (κ2) is 8.22. The van der Waals surface area contributed by atoms with Crippen LogP contribution in [0.3, 0.4) is 0 Å². The third kappa shape index (κ3) is 4.56. The maximum atomic E-state index is 11.3. The molecule has 27 heavy (non-hydrogen) atoms. The molecule has 0 unspecified atom stereocenters. The SMILES string of the molecule is CC(C)CN(C)c1nnc(-c2ccc(Br)s2)n1Cc1ccc(C(N)=O)cc1. The van der Waals surface area contributed by atoms with Gasteiger partial charge in [0.2, 0.25) is 11.9 Å². The van der Waals surface area contributed by atoms with Crippen molar-refractivity contribution in [3.63, 3.8) is 0 Å². The van der Waals surface area contributed by atoms with Gasteiger partial charge in [0.25, 0.3) is 0 Å². The molecular formula is C19H22BrN5OS. The predicted molar refractivity (Wildman–Crippen MR) is 113 cm³/mol. The summed E-state index contributed by atoms with van der Waals surface area (Å²) in [6.07, 6.45) is 0. The number of carbonyl (C=O) groups is 1. The number of nitrogens with zero attached hydrogens (tertiary/aromatic N) is 4. The van der Waals surface area contributed by atoms with E-state index in [9.17, 15) is 4.79 Å². The molecule has 142 valence electrons. The van der Waals surface area contributed by atoms with Crippen LogP contribution in [0, 0.1) is 5.92 Å². The fraction of sp³-hybridized carbons (Fsp3) is 0.316. The third-order valence-electron chi connectivity index (χ3n) is 4.08. The van der Waals surface area contributed by atoms with Crippen LogP contribution in [-0.2, 0) is 6.54 Å². The first-order valence-electron chi connectivity index (χ1n) is 8.64. The molecule has 2 heterocycles. The van der Waals surface area contributed by atoms with Crippen LogP contribution in [0.4, 0.5) is 5.95 Å². The summed E-state index contributed by atoms with van der Waals surface area (Å²) in [6, 6.07) is 11.4. The van der Waals surface area contributed by atoms with Gasteiger partial charge in [-0.3, -0.25) is 9.36 Å². The molecule has 0 saturated heterocycles. The summed E-state index contributed by atoms with van der Waals surface area (Å²) in [7, 11) is 2.03. The second-order valence-corrected chi connectivity index (χ2v) is 9.31. The molecule has 3 rings (SSSR count). The zero-order valence-corrected chi connectivity index (χ0v) is 17.9. The molecule has 0 fully saturated rings. The Bertz CT molecular complexity index is 932. The van der Waals surface area contributed by atoms with E-state index < -0.39 is 5.91 Å². The van der Waals surface area contributed by atoms with Crippen LogP contribution in [0.5, 0.6) is 0 Å². The van der Waals surface area contributed by atoms with Crippen LogP contribution in [0.1, 0.15) is 29.8 Å². The Kier molecular flexibility index (Phi) is 5.96. The first-order valence-corrected chi connectivity index (χ1v) is 10.2. The quantitative estimate of drug-likeness (QED) is 0.593. The van der Waals surface area contributed by atoms with Crippen molar-refractivity contribution in [2.45, 2.75) is 20.4 Å². The van der Waals surface area contributed by atoms with E-state index >= 15 is 0 Å².